The normalized spacial score (nSPS) is 14.6. The van der Waals surface area contributed by atoms with Crippen LogP contribution in [0.5, 0.6) is 11.5 Å². The molecule has 2 rings (SSSR count). The molecule has 1 saturated heterocycles. The number of rotatable bonds is 9. The van der Waals surface area contributed by atoms with Gasteiger partial charge in [-0.2, -0.15) is 0 Å². The molecule has 0 bridgehead atoms. The number of morpholine rings is 1. The molecule has 9 nitrogen and oxygen atoms in total. The summed E-state index contributed by atoms with van der Waals surface area (Å²) in [5.74, 6) is 0.649. The van der Waals surface area contributed by atoms with Gasteiger partial charge in [-0.05, 0) is 17.7 Å². The van der Waals surface area contributed by atoms with Gasteiger partial charge in [0.1, 0.15) is 0 Å². The second-order valence-electron chi connectivity index (χ2n) is 6.06. The van der Waals surface area contributed by atoms with Crippen LogP contribution in [0.2, 0.25) is 0 Å². The number of halogens is 2. The van der Waals surface area contributed by atoms with E-state index in [1.165, 1.54) is 0 Å². The lowest BCUT2D eigenvalue weighted by atomic mass is 10.0. The number of nitrogens with zero attached hydrogens (tertiary/aromatic N) is 1. The van der Waals surface area contributed by atoms with Gasteiger partial charge < -0.3 is 30.6 Å². The van der Waals surface area contributed by atoms with Crippen LogP contribution in [0, 0.1) is 0 Å². The summed E-state index contributed by atoms with van der Waals surface area (Å²) in [7, 11) is 3.18. The quantitative estimate of drug-likeness (QED) is 0.486. The number of methoxy groups -OCH3 is 2. The molecule has 1 aromatic carbocycles. The van der Waals surface area contributed by atoms with Crippen LogP contribution in [0.4, 0.5) is 0 Å². The van der Waals surface area contributed by atoms with Crippen molar-refractivity contribution in [3.63, 3.8) is 0 Å². The van der Waals surface area contributed by atoms with Gasteiger partial charge in [0.05, 0.1) is 46.6 Å². The van der Waals surface area contributed by atoms with Gasteiger partial charge >= 0.3 is 0 Å². The van der Waals surface area contributed by atoms with Gasteiger partial charge in [0.15, 0.2) is 11.5 Å². The first kappa shape index (κ1) is 27.2. The SMILES string of the molecule is COc1ccc(C(CNC(=O)CNC(=O)CN)N2CCOCC2)cc1OC.Cl.Cl. The number of nitrogens with two attached hydrogens (primary N) is 1. The second kappa shape index (κ2) is 14.2. The molecule has 0 aliphatic carbocycles. The van der Waals surface area contributed by atoms with Crippen LogP contribution in [0.1, 0.15) is 11.6 Å². The van der Waals surface area contributed by atoms with Crippen LogP contribution in [0.3, 0.4) is 0 Å². The smallest absolute Gasteiger partial charge is 0.239 e. The molecule has 1 aliphatic rings. The van der Waals surface area contributed by atoms with E-state index in [-0.39, 0.29) is 55.8 Å². The van der Waals surface area contributed by atoms with Gasteiger partial charge in [-0.3, -0.25) is 14.5 Å². The molecular formula is C18H30Cl2N4O5. The van der Waals surface area contributed by atoms with E-state index in [2.05, 4.69) is 15.5 Å². The van der Waals surface area contributed by atoms with Gasteiger partial charge in [0.2, 0.25) is 11.8 Å². The Kier molecular flexibility index (Phi) is 13.4. The number of amides is 2. The Labute approximate surface area is 183 Å². The topological polar surface area (TPSA) is 115 Å². The molecule has 1 atom stereocenters. The summed E-state index contributed by atoms with van der Waals surface area (Å²) in [6.07, 6.45) is 0. The lowest BCUT2D eigenvalue weighted by Crippen LogP contribution is -2.46. The number of nitrogens with one attached hydrogen (secondary N) is 2. The highest BCUT2D eigenvalue weighted by Gasteiger charge is 2.24. The highest BCUT2D eigenvalue weighted by molar-refractivity contribution is 5.86. The third-order valence-corrected chi connectivity index (χ3v) is 4.40. The molecule has 0 saturated carbocycles. The molecule has 2 amide bonds. The number of hydrogen-bond donors (Lipinski definition) is 3. The summed E-state index contributed by atoms with van der Waals surface area (Å²) in [6, 6.07) is 5.68. The molecule has 11 heteroatoms. The van der Waals surface area contributed by atoms with E-state index in [0.717, 1.165) is 18.7 Å². The summed E-state index contributed by atoms with van der Waals surface area (Å²) >= 11 is 0. The summed E-state index contributed by atoms with van der Waals surface area (Å²) in [6.45, 7) is 2.96. The van der Waals surface area contributed by atoms with Crippen LogP contribution in [0.25, 0.3) is 0 Å². The molecule has 29 heavy (non-hydrogen) atoms. The molecule has 166 valence electrons. The molecule has 0 spiro atoms. The molecular weight excluding hydrogens is 423 g/mol. The van der Waals surface area contributed by atoms with Crippen molar-refractivity contribution in [3.8, 4) is 11.5 Å². The number of ether oxygens (including phenoxy) is 3. The highest BCUT2D eigenvalue weighted by atomic mass is 35.5. The molecule has 1 unspecified atom stereocenters. The average Bonchev–Trinajstić information content (AvgIpc) is 2.72. The zero-order valence-electron chi connectivity index (χ0n) is 16.6. The summed E-state index contributed by atoms with van der Waals surface area (Å²) in [5.41, 5.74) is 6.22. The maximum absolute atomic E-state index is 12.1. The Hall–Kier alpha value is -1.78. The van der Waals surface area contributed by atoms with Crippen LogP contribution < -0.4 is 25.8 Å². The molecule has 0 radical (unpaired) electrons. The summed E-state index contributed by atoms with van der Waals surface area (Å²) in [5, 5.41) is 5.34. The minimum Gasteiger partial charge on any atom is -0.493 e. The van der Waals surface area contributed by atoms with Gasteiger partial charge in [0, 0.05) is 19.6 Å². The van der Waals surface area contributed by atoms with Crippen LogP contribution in [-0.2, 0) is 14.3 Å². The average molecular weight is 453 g/mol. The van der Waals surface area contributed by atoms with E-state index >= 15 is 0 Å². The van der Waals surface area contributed by atoms with Crippen molar-refractivity contribution >= 4 is 36.6 Å². The fraction of sp³-hybridized carbons (Fsp3) is 0.556. The van der Waals surface area contributed by atoms with E-state index in [1.807, 2.05) is 18.2 Å². The lowest BCUT2D eigenvalue weighted by Gasteiger charge is -2.35. The van der Waals surface area contributed by atoms with Gasteiger partial charge in [-0.25, -0.2) is 0 Å². The molecule has 1 aromatic rings. The molecule has 0 aromatic heterocycles. The van der Waals surface area contributed by atoms with E-state index in [1.54, 1.807) is 14.2 Å². The minimum atomic E-state index is -0.366. The number of hydrogen-bond acceptors (Lipinski definition) is 7. The monoisotopic (exact) mass is 452 g/mol. The number of benzene rings is 1. The predicted octanol–water partition coefficient (Wildman–Crippen LogP) is 0.112. The van der Waals surface area contributed by atoms with Crippen LogP contribution >= 0.6 is 24.8 Å². The van der Waals surface area contributed by atoms with E-state index in [9.17, 15) is 9.59 Å². The van der Waals surface area contributed by atoms with Crippen molar-refractivity contribution < 1.29 is 23.8 Å². The largest absolute Gasteiger partial charge is 0.493 e. The Bertz CT molecular complexity index is 645. The Morgan fingerprint density at radius 2 is 1.76 bits per heavy atom. The van der Waals surface area contributed by atoms with Crippen molar-refractivity contribution in [2.75, 3.05) is 60.2 Å². The third kappa shape index (κ3) is 8.23. The van der Waals surface area contributed by atoms with Gasteiger partial charge in [-0.1, -0.05) is 6.07 Å². The van der Waals surface area contributed by atoms with E-state index in [4.69, 9.17) is 19.9 Å². The summed E-state index contributed by atoms with van der Waals surface area (Å²) < 4.78 is 16.1. The molecule has 1 heterocycles. The first-order valence-electron chi connectivity index (χ1n) is 8.86. The predicted molar refractivity (Wildman–Crippen MR) is 114 cm³/mol. The zero-order valence-corrected chi connectivity index (χ0v) is 18.3. The highest BCUT2D eigenvalue weighted by Crippen LogP contribution is 2.32. The van der Waals surface area contributed by atoms with Crippen molar-refractivity contribution in [2.45, 2.75) is 6.04 Å². The van der Waals surface area contributed by atoms with E-state index < -0.39 is 0 Å². The van der Waals surface area contributed by atoms with E-state index in [0.29, 0.717) is 31.3 Å². The van der Waals surface area contributed by atoms with Gasteiger partial charge in [-0.15, -0.1) is 24.8 Å². The maximum atomic E-state index is 12.1. The molecule has 4 N–H and O–H groups in total. The van der Waals surface area contributed by atoms with Crippen molar-refractivity contribution in [2.24, 2.45) is 5.73 Å². The fourth-order valence-electron chi connectivity index (χ4n) is 2.93. The molecule has 1 aliphatic heterocycles. The summed E-state index contributed by atoms with van der Waals surface area (Å²) in [4.78, 5) is 25.5. The fourth-order valence-corrected chi connectivity index (χ4v) is 2.93. The second-order valence-corrected chi connectivity index (χ2v) is 6.06. The minimum absolute atomic E-state index is 0. The zero-order chi connectivity index (χ0) is 19.6. The van der Waals surface area contributed by atoms with Gasteiger partial charge in [0.25, 0.3) is 0 Å². The lowest BCUT2D eigenvalue weighted by molar-refractivity contribution is -0.125. The number of carbonyl (C=O) groups is 2. The Balaban J connectivity index is 0.00000392. The van der Waals surface area contributed by atoms with Crippen LogP contribution in [-0.4, -0.2) is 76.9 Å². The van der Waals surface area contributed by atoms with Crippen LogP contribution in [0.15, 0.2) is 18.2 Å². The Morgan fingerprint density at radius 3 is 2.34 bits per heavy atom. The maximum Gasteiger partial charge on any atom is 0.239 e. The number of carbonyl (C=O) groups excluding carboxylic acids is 2. The standard InChI is InChI=1S/C18H28N4O5.2ClH/c1-25-15-4-3-13(9-16(15)26-2)14(22-5-7-27-8-6-22)11-20-18(24)12-21-17(23)10-19;;/h3-4,9,14H,5-8,10-12,19H2,1-2H3,(H,20,24)(H,21,23);2*1H. The Morgan fingerprint density at radius 1 is 1.10 bits per heavy atom. The first-order valence-corrected chi connectivity index (χ1v) is 8.86. The third-order valence-electron chi connectivity index (χ3n) is 4.40. The molecule has 1 fully saturated rings. The van der Waals surface area contributed by atoms with Crippen molar-refractivity contribution in [3.05, 3.63) is 23.8 Å². The van der Waals surface area contributed by atoms with Crippen molar-refractivity contribution in [1.82, 2.24) is 15.5 Å². The first-order chi connectivity index (χ1) is 13.1. The van der Waals surface area contributed by atoms with Crippen molar-refractivity contribution in [1.29, 1.82) is 0 Å².